The van der Waals surface area contributed by atoms with Gasteiger partial charge in [0.05, 0.1) is 5.69 Å². The number of aromatic carboxylic acids is 1. The van der Waals surface area contributed by atoms with Gasteiger partial charge in [-0.05, 0) is 12.0 Å². The molecular formula is C7H9FN2O2. The van der Waals surface area contributed by atoms with Gasteiger partial charge in [0, 0.05) is 0 Å². The number of halogens is 1. The average molecular weight is 172 g/mol. The Morgan fingerprint density at radius 2 is 2.33 bits per heavy atom. The van der Waals surface area contributed by atoms with Gasteiger partial charge >= 0.3 is 5.97 Å². The van der Waals surface area contributed by atoms with Gasteiger partial charge in [-0.1, -0.05) is 23.2 Å². The maximum Gasteiger partial charge on any atom is 0.357 e. The van der Waals surface area contributed by atoms with Crippen molar-refractivity contribution in [2.45, 2.75) is 19.8 Å². The second kappa shape index (κ2) is 2.92. The Bertz CT molecular complexity index is 306. The molecule has 1 aromatic rings. The molecule has 0 aliphatic heterocycles. The molecule has 0 aliphatic carbocycles. The van der Waals surface area contributed by atoms with Crippen LogP contribution in [-0.2, 0) is 0 Å². The van der Waals surface area contributed by atoms with Crippen molar-refractivity contribution in [2.24, 2.45) is 0 Å². The molecule has 0 bridgehead atoms. The molecule has 12 heavy (non-hydrogen) atoms. The first-order valence-corrected chi connectivity index (χ1v) is 3.51. The molecule has 0 aliphatic rings. The van der Waals surface area contributed by atoms with Crippen molar-refractivity contribution in [3.63, 3.8) is 0 Å². The number of hydrogen-bond acceptors (Lipinski definition) is 2. The van der Waals surface area contributed by atoms with Crippen molar-refractivity contribution in [1.29, 1.82) is 0 Å². The van der Waals surface area contributed by atoms with Crippen molar-refractivity contribution in [1.82, 2.24) is 10.0 Å². The van der Waals surface area contributed by atoms with E-state index in [-0.39, 0.29) is 10.8 Å². The topological polar surface area (TPSA) is 55.1 Å². The summed E-state index contributed by atoms with van der Waals surface area (Å²) in [5, 5.41) is 11.9. The lowest BCUT2D eigenvalue weighted by molar-refractivity contribution is 0.0667. The Hall–Kier alpha value is -1.39. The van der Waals surface area contributed by atoms with Gasteiger partial charge < -0.3 is 5.11 Å². The van der Waals surface area contributed by atoms with Gasteiger partial charge in [0.15, 0.2) is 5.69 Å². The third-order valence-corrected chi connectivity index (χ3v) is 1.50. The smallest absolute Gasteiger partial charge is 0.357 e. The highest BCUT2D eigenvalue weighted by atomic mass is 19.2. The standard InChI is InChI=1S/C7H9FN2O2/c1-4(2)5-3-6(7(11)12)10(8)9-5/h3-4H,1-2H3,(H,11,12). The van der Waals surface area contributed by atoms with Gasteiger partial charge in [0.2, 0.25) is 0 Å². The van der Waals surface area contributed by atoms with Crippen LogP contribution in [0.2, 0.25) is 0 Å². The summed E-state index contributed by atoms with van der Waals surface area (Å²) in [6.45, 7) is 3.63. The van der Waals surface area contributed by atoms with E-state index in [4.69, 9.17) is 5.11 Å². The van der Waals surface area contributed by atoms with E-state index < -0.39 is 11.7 Å². The van der Waals surface area contributed by atoms with Gasteiger partial charge in [0.25, 0.3) is 0 Å². The van der Waals surface area contributed by atoms with Gasteiger partial charge in [-0.25, -0.2) is 4.79 Å². The van der Waals surface area contributed by atoms with E-state index in [1.165, 1.54) is 6.07 Å². The van der Waals surface area contributed by atoms with E-state index in [1.54, 1.807) is 0 Å². The van der Waals surface area contributed by atoms with Crippen LogP contribution in [0.3, 0.4) is 0 Å². The fourth-order valence-electron chi connectivity index (χ4n) is 0.800. The second-order valence-electron chi connectivity index (χ2n) is 2.77. The Balaban J connectivity index is 3.09. The maximum atomic E-state index is 12.6. The highest BCUT2D eigenvalue weighted by molar-refractivity contribution is 5.85. The number of rotatable bonds is 2. The van der Waals surface area contributed by atoms with E-state index in [2.05, 4.69) is 5.10 Å². The highest BCUT2D eigenvalue weighted by Crippen LogP contribution is 2.14. The zero-order valence-electron chi connectivity index (χ0n) is 6.78. The number of aromatic nitrogens is 2. The summed E-state index contributed by atoms with van der Waals surface area (Å²) >= 11 is 0. The summed E-state index contributed by atoms with van der Waals surface area (Å²) in [5.74, 6) is -1.28. The molecule has 0 fully saturated rings. The van der Waals surface area contributed by atoms with Crippen LogP contribution in [0.15, 0.2) is 6.07 Å². The first-order chi connectivity index (χ1) is 5.52. The van der Waals surface area contributed by atoms with Crippen molar-refractivity contribution in [3.05, 3.63) is 17.5 Å². The monoisotopic (exact) mass is 172 g/mol. The predicted molar refractivity (Wildman–Crippen MR) is 39.8 cm³/mol. The van der Waals surface area contributed by atoms with E-state index in [9.17, 15) is 9.28 Å². The Labute approximate surface area is 68.6 Å². The van der Waals surface area contributed by atoms with Crippen LogP contribution in [0.4, 0.5) is 4.48 Å². The molecule has 1 rings (SSSR count). The van der Waals surface area contributed by atoms with Gasteiger partial charge in [-0.3, -0.25) is 0 Å². The van der Waals surface area contributed by atoms with Crippen LogP contribution in [-0.4, -0.2) is 21.1 Å². The minimum Gasteiger partial charge on any atom is -0.476 e. The van der Waals surface area contributed by atoms with Crippen molar-refractivity contribution >= 4 is 5.97 Å². The van der Waals surface area contributed by atoms with Crippen molar-refractivity contribution in [3.8, 4) is 0 Å². The summed E-state index contributed by atoms with van der Waals surface area (Å²) in [6.07, 6.45) is 0. The van der Waals surface area contributed by atoms with E-state index >= 15 is 0 Å². The molecule has 0 aromatic carbocycles. The molecular weight excluding hydrogens is 163 g/mol. The first-order valence-electron chi connectivity index (χ1n) is 3.51. The number of carboxylic acid groups (broad SMARTS) is 1. The number of nitrogens with zero attached hydrogens (tertiary/aromatic N) is 2. The number of hydrogen-bond donors (Lipinski definition) is 1. The summed E-state index contributed by atoms with van der Waals surface area (Å²) in [7, 11) is 0. The van der Waals surface area contributed by atoms with Crippen LogP contribution < -0.4 is 0 Å². The van der Waals surface area contributed by atoms with Gasteiger partial charge in [-0.15, -0.1) is 5.10 Å². The predicted octanol–water partition coefficient (Wildman–Crippen LogP) is 1.44. The van der Waals surface area contributed by atoms with Crippen LogP contribution >= 0.6 is 0 Å². The van der Waals surface area contributed by atoms with Gasteiger partial charge in [0.1, 0.15) is 0 Å². The average Bonchev–Trinajstić information content (AvgIpc) is 2.30. The second-order valence-corrected chi connectivity index (χ2v) is 2.77. The summed E-state index contributed by atoms with van der Waals surface area (Å²) in [5.41, 5.74) is 0.00796. The Morgan fingerprint density at radius 1 is 1.75 bits per heavy atom. The van der Waals surface area contributed by atoms with Crippen LogP contribution in [0.25, 0.3) is 0 Å². The zero-order valence-corrected chi connectivity index (χ0v) is 6.78. The minimum atomic E-state index is -1.31. The highest BCUT2D eigenvalue weighted by Gasteiger charge is 2.15. The molecule has 1 N–H and O–H groups in total. The Kier molecular flexibility index (Phi) is 2.12. The van der Waals surface area contributed by atoms with Crippen molar-refractivity contribution < 1.29 is 14.4 Å². The van der Waals surface area contributed by atoms with Crippen molar-refractivity contribution in [2.75, 3.05) is 0 Å². The molecule has 0 spiro atoms. The fourth-order valence-corrected chi connectivity index (χ4v) is 0.800. The molecule has 5 heteroatoms. The summed E-state index contributed by atoms with van der Waals surface area (Å²) in [6, 6.07) is 1.23. The van der Waals surface area contributed by atoms with Crippen LogP contribution in [0.5, 0.6) is 0 Å². The molecule has 0 atom stereocenters. The summed E-state index contributed by atoms with van der Waals surface area (Å²) in [4.78, 5) is 10.2. The zero-order chi connectivity index (χ0) is 9.30. The fraction of sp³-hybridized carbons (Fsp3) is 0.429. The summed E-state index contributed by atoms with van der Waals surface area (Å²) < 4.78 is 12.6. The molecule has 0 radical (unpaired) electrons. The first kappa shape index (κ1) is 8.70. The molecule has 0 unspecified atom stereocenters. The maximum absolute atomic E-state index is 12.6. The van der Waals surface area contributed by atoms with Crippen LogP contribution in [0, 0.1) is 0 Å². The quantitative estimate of drug-likeness (QED) is 0.734. The van der Waals surface area contributed by atoms with E-state index in [1.807, 2.05) is 13.8 Å². The lowest BCUT2D eigenvalue weighted by atomic mass is 10.1. The molecule has 0 amide bonds. The lowest BCUT2D eigenvalue weighted by Gasteiger charge is -1.94. The molecule has 0 saturated carbocycles. The number of carbonyl (C=O) groups is 1. The number of carboxylic acids is 1. The molecule has 4 nitrogen and oxygen atoms in total. The SMILES string of the molecule is CC(C)c1cc(C(=O)O)n(F)n1. The minimum absolute atomic E-state index is 0.0279. The Morgan fingerprint density at radius 3 is 2.58 bits per heavy atom. The molecule has 66 valence electrons. The largest absolute Gasteiger partial charge is 0.476 e. The molecule has 1 aromatic heterocycles. The normalized spacial score (nSPS) is 10.7. The van der Waals surface area contributed by atoms with Crippen LogP contribution in [0.1, 0.15) is 35.9 Å². The van der Waals surface area contributed by atoms with E-state index in [0.717, 1.165) is 0 Å². The molecule has 1 heterocycles. The molecule has 0 saturated heterocycles. The lowest BCUT2D eigenvalue weighted by Crippen LogP contribution is -2.01. The third kappa shape index (κ3) is 1.44. The van der Waals surface area contributed by atoms with E-state index in [0.29, 0.717) is 5.69 Å². The third-order valence-electron chi connectivity index (χ3n) is 1.50. The van der Waals surface area contributed by atoms with Gasteiger partial charge in [-0.2, -0.15) is 0 Å².